The van der Waals surface area contributed by atoms with Crippen molar-refractivity contribution in [3.8, 4) is 0 Å². The van der Waals surface area contributed by atoms with E-state index < -0.39 is 5.97 Å². The van der Waals surface area contributed by atoms with Crippen molar-refractivity contribution in [2.45, 2.75) is 19.8 Å². The van der Waals surface area contributed by atoms with Gasteiger partial charge in [0.2, 0.25) is 5.91 Å². The monoisotopic (exact) mass is 289 g/mol. The number of nitrogens with one attached hydrogen (secondary N) is 1. The van der Waals surface area contributed by atoms with Crippen LogP contribution in [0.5, 0.6) is 0 Å². The van der Waals surface area contributed by atoms with Crippen LogP contribution in [-0.4, -0.2) is 29.6 Å². The molecule has 0 spiro atoms. The lowest BCUT2D eigenvalue weighted by Crippen LogP contribution is -2.12. The molecule has 0 unspecified atom stereocenters. The molecule has 7 heteroatoms. The summed E-state index contributed by atoms with van der Waals surface area (Å²) in [6, 6.07) is 1.60. The number of aryl methyl sites for hydroxylation is 1. The van der Waals surface area contributed by atoms with Crippen LogP contribution in [0, 0.1) is 0 Å². The summed E-state index contributed by atoms with van der Waals surface area (Å²) in [5.74, 6) is -0.510. The van der Waals surface area contributed by atoms with Crippen LogP contribution < -0.4 is 11.1 Å². The molecule has 0 bridgehead atoms. The van der Waals surface area contributed by atoms with Gasteiger partial charge in [-0.2, -0.15) is 0 Å². The van der Waals surface area contributed by atoms with E-state index in [0.717, 1.165) is 0 Å². The Morgan fingerprint density at radius 2 is 2.16 bits per heavy atom. The third-order valence-corrected chi connectivity index (χ3v) is 2.38. The first-order valence-electron chi connectivity index (χ1n) is 5.92. The SMILES string of the molecule is CCOC(=O)c1cc(NC(=O)CCCN)cn1C.Cl. The first-order valence-corrected chi connectivity index (χ1v) is 5.92. The van der Waals surface area contributed by atoms with Crippen molar-refractivity contribution in [2.24, 2.45) is 12.8 Å². The largest absolute Gasteiger partial charge is 0.461 e. The third-order valence-electron chi connectivity index (χ3n) is 2.38. The quantitative estimate of drug-likeness (QED) is 0.773. The minimum absolute atomic E-state index is 0. The Bertz CT molecular complexity index is 432. The Hall–Kier alpha value is -1.53. The van der Waals surface area contributed by atoms with Crippen LogP contribution in [0.1, 0.15) is 30.3 Å². The van der Waals surface area contributed by atoms with E-state index in [2.05, 4.69) is 5.32 Å². The summed E-state index contributed by atoms with van der Waals surface area (Å²) in [5.41, 5.74) is 6.32. The lowest BCUT2D eigenvalue weighted by atomic mass is 10.3. The van der Waals surface area contributed by atoms with Crippen LogP contribution in [0.15, 0.2) is 12.3 Å². The van der Waals surface area contributed by atoms with E-state index in [0.29, 0.717) is 37.4 Å². The van der Waals surface area contributed by atoms with Gasteiger partial charge in [-0.3, -0.25) is 4.79 Å². The number of carbonyl (C=O) groups excluding carboxylic acids is 2. The standard InChI is InChI=1S/C12H19N3O3.ClH/c1-3-18-12(17)10-7-9(8-15(10)2)14-11(16)5-4-6-13;/h7-8H,3-6,13H2,1-2H3,(H,14,16);1H. The van der Waals surface area contributed by atoms with E-state index in [1.54, 1.807) is 30.8 Å². The number of rotatable bonds is 6. The maximum Gasteiger partial charge on any atom is 0.355 e. The van der Waals surface area contributed by atoms with Gasteiger partial charge in [0, 0.05) is 19.7 Å². The highest BCUT2D eigenvalue weighted by Crippen LogP contribution is 2.14. The van der Waals surface area contributed by atoms with E-state index in [1.807, 2.05) is 0 Å². The number of halogens is 1. The second-order valence-corrected chi connectivity index (χ2v) is 3.89. The molecule has 0 aliphatic heterocycles. The highest BCUT2D eigenvalue weighted by molar-refractivity contribution is 5.94. The van der Waals surface area contributed by atoms with Gasteiger partial charge in [-0.1, -0.05) is 0 Å². The Balaban J connectivity index is 0.00000324. The molecule has 19 heavy (non-hydrogen) atoms. The first kappa shape index (κ1) is 17.5. The van der Waals surface area contributed by atoms with E-state index in [1.165, 1.54) is 0 Å². The Morgan fingerprint density at radius 1 is 1.47 bits per heavy atom. The molecule has 6 nitrogen and oxygen atoms in total. The van der Waals surface area contributed by atoms with Crippen LogP contribution in [0.2, 0.25) is 0 Å². The number of nitrogens with two attached hydrogens (primary N) is 1. The second-order valence-electron chi connectivity index (χ2n) is 3.89. The van der Waals surface area contributed by atoms with Crippen LogP contribution in [0.4, 0.5) is 5.69 Å². The normalized spacial score (nSPS) is 9.63. The number of anilines is 1. The summed E-state index contributed by atoms with van der Waals surface area (Å²) in [4.78, 5) is 23.1. The molecule has 0 fully saturated rings. The molecule has 0 radical (unpaired) electrons. The topological polar surface area (TPSA) is 86.3 Å². The number of hydrogen-bond donors (Lipinski definition) is 2. The van der Waals surface area contributed by atoms with Crippen molar-refractivity contribution < 1.29 is 14.3 Å². The van der Waals surface area contributed by atoms with Crippen molar-refractivity contribution in [1.29, 1.82) is 0 Å². The van der Waals surface area contributed by atoms with Gasteiger partial charge in [0.05, 0.1) is 12.3 Å². The molecule has 3 N–H and O–H groups in total. The average Bonchev–Trinajstić information content (AvgIpc) is 2.68. The number of ether oxygens (including phenoxy) is 1. The Labute approximate surface area is 118 Å². The highest BCUT2D eigenvalue weighted by atomic mass is 35.5. The number of esters is 1. The highest BCUT2D eigenvalue weighted by Gasteiger charge is 2.13. The molecule has 0 aliphatic rings. The summed E-state index contributed by atoms with van der Waals surface area (Å²) < 4.78 is 6.52. The Kier molecular flexibility index (Phi) is 7.86. The molecule has 0 atom stereocenters. The zero-order valence-electron chi connectivity index (χ0n) is 11.1. The number of hydrogen-bond acceptors (Lipinski definition) is 4. The van der Waals surface area contributed by atoms with Crippen LogP contribution in [-0.2, 0) is 16.6 Å². The van der Waals surface area contributed by atoms with Gasteiger partial charge in [-0.05, 0) is 26.0 Å². The van der Waals surface area contributed by atoms with Crippen molar-refractivity contribution >= 4 is 30.0 Å². The van der Waals surface area contributed by atoms with E-state index in [4.69, 9.17) is 10.5 Å². The molecule has 1 aromatic rings. The molecule has 1 heterocycles. The number of aromatic nitrogens is 1. The number of carbonyl (C=O) groups is 2. The predicted octanol–water partition coefficient (Wildman–Crippen LogP) is 1.30. The van der Waals surface area contributed by atoms with Gasteiger partial charge < -0.3 is 20.4 Å². The molecule has 0 aromatic carbocycles. The van der Waals surface area contributed by atoms with E-state index in [9.17, 15) is 9.59 Å². The van der Waals surface area contributed by atoms with E-state index in [-0.39, 0.29) is 18.3 Å². The fraction of sp³-hybridized carbons (Fsp3) is 0.500. The molecule has 0 aliphatic carbocycles. The van der Waals surface area contributed by atoms with Crippen molar-refractivity contribution in [3.63, 3.8) is 0 Å². The third kappa shape index (κ3) is 5.32. The van der Waals surface area contributed by atoms with E-state index >= 15 is 0 Å². The molecule has 0 saturated carbocycles. The second kappa shape index (κ2) is 8.55. The summed E-state index contributed by atoms with van der Waals surface area (Å²) in [5, 5.41) is 2.71. The molecular formula is C12H20ClN3O3. The fourth-order valence-electron chi connectivity index (χ4n) is 1.53. The number of amides is 1. The summed E-state index contributed by atoms with van der Waals surface area (Å²) in [7, 11) is 1.72. The van der Waals surface area contributed by atoms with Gasteiger partial charge >= 0.3 is 5.97 Å². The molecule has 0 saturated heterocycles. The molecule has 108 valence electrons. The minimum atomic E-state index is -0.401. The van der Waals surface area contributed by atoms with Crippen molar-refractivity contribution in [1.82, 2.24) is 4.57 Å². The molecule has 1 rings (SSSR count). The fourth-order valence-corrected chi connectivity index (χ4v) is 1.53. The zero-order chi connectivity index (χ0) is 13.5. The lowest BCUT2D eigenvalue weighted by Gasteiger charge is -2.01. The predicted molar refractivity (Wildman–Crippen MR) is 75.5 cm³/mol. The van der Waals surface area contributed by atoms with Crippen LogP contribution in [0.25, 0.3) is 0 Å². The van der Waals surface area contributed by atoms with Gasteiger partial charge in [-0.25, -0.2) is 4.79 Å². The first-order chi connectivity index (χ1) is 8.58. The smallest absolute Gasteiger partial charge is 0.355 e. The number of nitrogens with zero attached hydrogens (tertiary/aromatic N) is 1. The maximum absolute atomic E-state index is 11.6. The summed E-state index contributed by atoms with van der Waals surface area (Å²) in [6.07, 6.45) is 2.69. The summed E-state index contributed by atoms with van der Waals surface area (Å²) in [6.45, 7) is 2.55. The summed E-state index contributed by atoms with van der Waals surface area (Å²) >= 11 is 0. The van der Waals surface area contributed by atoms with Crippen molar-refractivity contribution in [3.05, 3.63) is 18.0 Å². The zero-order valence-corrected chi connectivity index (χ0v) is 12.0. The Morgan fingerprint density at radius 3 is 2.74 bits per heavy atom. The molecule has 1 amide bonds. The van der Waals surface area contributed by atoms with Gasteiger partial charge in [0.25, 0.3) is 0 Å². The average molecular weight is 290 g/mol. The van der Waals surface area contributed by atoms with Gasteiger partial charge in [-0.15, -0.1) is 12.4 Å². The molecule has 1 aromatic heterocycles. The van der Waals surface area contributed by atoms with Gasteiger partial charge in [0.1, 0.15) is 5.69 Å². The minimum Gasteiger partial charge on any atom is -0.461 e. The van der Waals surface area contributed by atoms with Gasteiger partial charge in [0.15, 0.2) is 0 Å². The molecular weight excluding hydrogens is 270 g/mol. The van der Waals surface area contributed by atoms with Crippen molar-refractivity contribution in [2.75, 3.05) is 18.5 Å². The van der Waals surface area contributed by atoms with Crippen LogP contribution >= 0.6 is 12.4 Å². The lowest BCUT2D eigenvalue weighted by molar-refractivity contribution is -0.116. The maximum atomic E-state index is 11.6. The van der Waals surface area contributed by atoms with Crippen LogP contribution in [0.3, 0.4) is 0 Å².